The van der Waals surface area contributed by atoms with Gasteiger partial charge < -0.3 is 0 Å². The Kier molecular flexibility index (Phi) is 4.18. The summed E-state index contributed by atoms with van der Waals surface area (Å²) < 4.78 is 14.5. The van der Waals surface area contributed by atoms with Crippen molar-refractivity contribution >= 4 is 57.4 Å². The van der Waals surface area contributed by atoms with E-state index in [9.17, 15) is 4.39 Å². The quantitative estimate of drug-likeness (QED) is 0.403. The fourth-order valence-electron chi connectivity index (χ4n) is 1.44. The molecule has 88 valence electrons. The van der Waals surface area contributed by atoms with E-state index < -0.39 is 0 Å². The molecule has 0 N–H and O–H groups in total. The van der Waals surface area contributed by atoms with Crippen molar-refractivity contribution < 1.29 is 4.39 Å². The molecule has 17 heavy (non-hydrogen) atoms. The minimum absolute atomic E-state index is 0.312. The summed E-state index contributed by atoms with van der Waals surface area (Å²) in [6, 6.07) is 8.19. The molecule has 0 unspecified atom stereocenters. The van der Waals surface area contributed by atoms with Gasteiger partial charge in [0.05, 0.1) is 15.1 Å². The maximum Gasteiger partial charge on any atom is 0.144 e. The minimum Gasteiger partial charge on any atom is -0.205 e. The van der Waals surface area contributed by atoms with E-state index in [1.807, 2.05) is 22.6 Å². The van der Waals surface area contributed by atoms with E-state index >= 15 is 0 Å². The topological polar surface area (TPSA) is 0 Å². The monoisotopic (exact) mass is 400 g/mol. The van der Waals surface area contributed by atoms with Gasteiger partial charge >= 0.3 is 0 Å². The largest absolute Gasteiger partial charge is 0.205 e. The Morgan fingerprint density at radius 2 is 1.53 bits per heavy atom. The Hall–Kier alpha value is -0.0300. The number of halogens is 5. The maximum atomic E-state index is 14.0. The minimum atomic E-state index is -0.312. The van der Waals surface area contributed by atoms with E-state index in [1.54, 1.807) is 24.3 Å². The van der Waals surface area contributed by atoms with Crippen molar-refractivity contribution in [2.45, 2.75) is 0 Å². The van der Waals surface area contributed by atoms with E-state index in [1.165, 1.54) is 6.07 Å². The van der Waals surface area contributed by atoms with E-state index in [0.29, 0.717) is 29.8 Å². The summed E-state index contributed by atoms with van der Waals surface area (Å²) in [6.45, 7) is 0. The second-order valence-corrected chi connectivity index (χ2v) is 5.73. The molecule has 0 saturated heterocycles. The van der Waals surface area contributed by atoms with Gasteiger partial charge in [0.15, 0.2) is 0 Å². The molecule has 0 radical (unpaired) electrons. The summed E-state index contributed by atoms with van der Waals surface area (Å²) in [6.07, 6.45) is 0. The van der Waals surface area contributed by atoms with Crippen LogP contribution in [0.2, 0.25) is 15.1 Å². The van der Waals surface area contributed by atoms with Crippen LogP contribution >= 0.6 is 57.4 Å². The van der Waals surface area contributed by atoms with Gasteiger partial charge in [0.1, 0.15) is 5.82 Å². The predicted octanol–water partition coefficient (Wildman–Crippen LogP) is 6.06. The van der Waals surface area contributed by atoms with Crippen LogP contribution in [0, 0.1) is 9.39 Å². The Morgan fingerprint density at radius 1 is 0.882 bits per heavy atom. The molecule has 2 aromatic carbocycles. The zero-order chi connectivity index (χ0) is 12.6. The molecular weight excluding hydrogens is 396 g/mol. The smallest absolute Gasteiger partial charge is 0.144 e. The van der Waals surface area contributed by atoms with Gasteiger partial charge in [-0.15, -0.1) is 0 Å². The lowest BCUT2D eigenvalue weighted by atomic mass is 10.1. The second kappa shape index (κ2) is 5.31. The number of benzene rings is 2. The lowest BCUT2D eigenvalue weighted by molar-refractivity contribution is 0.624. The van der Waals surface area contributed by atoms with Crippen LogP contribution < -0.4 is 0 Å². The Morgan fingerprint density at radius 3 is 2.24 bits per heavy atom. The molecule has 0 aliphatic carbocycles. The van der Waals surface area contributed by atoms with Gasteiger partial charge in [-0.2, -0.15) is 0 Å². The van der Waals surface area contributed by atoms with Crippen LogP contribution in [0.1, 0.15) is 0 Å². The first-order valence-electron chi connectivity index (χ1n) is 4.59. The lowest BCUT2D eigenvalue weighted by Gasteiger charge is -2.08. The Balaban J connectivity index is 2.69. The van der Waals surface area contributed by atoms with Crippen LogP contribution in [0.15, 0.2) is 30.3 Å². The first-order chi connectivity index (χ1) is 8.00. The third-order valence-electron chi connectivity index (χ3n) is 2.25. The van der Waals surface area contributed by atoms with E-state index in [2.05, 4.69) is 0 Å². The molecule has 0 aliphatic heterocycles. The summed E-state index contributed by atoms with van der Waals surface area (Å²) in [5.41, 5.74) is 0.956. The van der Waals surface area contributed by atoms with Gasteiger partial charge in [-0.05, 0) is 40.8 Å². The molecule has 0 heterocycles. The van der Waals surface area contributed by atoms with Gasteiger partial charge in [0.2, 0.25) is 0 Å². The molecule has 0 nitrogen and oxygen atoms in total. The van der Waals surface area contributed by atoms with Crippen molar-refractivity contribution in [1.82, 2.24) is 0 Å². The summed E-state index contributed by atoms with van der Waals surface area (Å²) in [5.74, 6) is -0.312. The first kappa shape index (κ1) is 13.4. The summed E-state index contributed by atoms with van der Waals surface area (Å²) in [4.78, 5) is 0. The summed E-state index contributed by atoms with van der Waals surface area (Å²) in [5, 5.41) is 1.08. The van der Waals surface area contributed by atoms with Crippen LogP contribution in [0.5, 0.6) is 0 Å². The molecule has 0 aromatic heterocycles. The molecule has 0 amide bonds. The van der Waals surface area contributed by atoms with Crippen LogP contribution in [0.4, 0.5) is 4.39 Å². The van der Waals surface area contributed by atoms with Crippen LogP contribution in [-0.4, -0.2) is 0 Å². The fraction of sp³-hybridized carbons (Fsp3) is 0. The maximum absolute atomic E-state index is 14.0. The average molecular weight is 401 g/mol. The van der Waals surface area contributed by atoms with Gasteiger partial charge in [-0.3, -0.25) is 0 Å². The zero-order valence-electron chi connectivity index (χ0n) is 8.28. The van der Waals surface area contributed by atoms with Crippen molar-refractivity contribution in [2.24, 2.45) is 0 Å². The highest BCUT2D eigenvalue weighted by Gasteiger charge is 2.13. The van der Waals surface area contributed by atoms with Crippen molar-refractivity contribution in [2.75, 3.05) is 0 Å². The van der Waals surface area contributed by atoms with Crippen molar-refractivity contribution in [3.05, 3.63) is 54.8 Å². The normalized spacial score (nSPS) is 10.6. The standard InChI is InChI=1S/C12H5Cl3FI/c13-8-5-10(15)9(14)4-7(8)6-2-1-3-11(17)12(6)16/h1-5H. The van der Waals surface area contributed by atoms with E-state index in [0.717, 1.165) is 0 Å². The average Bonchev–Trinajstić information content (AvgIpc) is 2.28. The summed E-state index contributed by atoms with van der Waals surface area (Å²) in [7, 11) is 0. The first-order valence-corrected chi connectivity index (χ1v) is 6.81. The third-order valence-corrected chi connectivity index (χ3v) is 4.12. The molecule has 0 bridgehead atoms. The molecule has 2 rings (SSSR count). The Labute approximate surface area is 127 Å². The van der Waals surface area contributed by atoms with E-state index in [4.69, 9.17) is 34.8 Å². The lowest BCUT2D eigenvalue weighted by Crippen LogP contribution is -1.89. The molecule has 0 fully saturated rings. The highest BCUT2D eigenvalue weighted by Crippen LogP contribution is 2.36. The molecule has 0 spiro atoms. The van der Waals surface area contributed by atoms with Crippen molar-refractivity contribution in [3.63, 3.8) is 0 Å². The number of hydrogen-bond donors (Lipinski definition) is 0. The molecular formula is C12H5Cl3FI. The molecule has 2 aromatic rings. The van der Waals surface area contributed by atoms with Gasteiger partial charge in [0, 0.05) is 14.7 Å². The van der Waals surface area contributed by atoms with Crippen molar-refractivity contribution in [3.8, 4) is 11.1 Å². The predicted molar refractivity (Wildman–Crippen MR) is 79.6 cm³/mol. The van der Waals surface area contributed by atoms with Gasteiger partial charge in [0.25, 0.3) is 0 Å². The van der Waals surface area contributed by atoms with Crippen LogP contribution in [-0.2, 0) is 0 Å². The highest BCUT2D eigenvalue weighted by atomic mass is 127. The molecule has 0 saturated carbocycles. The van der Waals surface area contributed by atoms with E-state index in [-0.39, 0.29) is 5.82 Å². The zero-order valence-corrected chi connectivity index (χ0v) is 12.7. The van der Waals surface area contributed by atoms with Gasteiger partial charge in [-0.25, -0.2) is 4.39 Å². The molecule has 5 heteroatoms. The highest BCUT2D eigenvalue weighted by molar-refractivity contribution is 14.1. The number of hydrogen-bond acceptors (Lipinski definition) is 0. The Bertz CT molecular complexity index is 584. The third kappa shape index (κ3) is 2.70. The van der Waals surface area contributed by atoms with Gasteiger partial charge in [-0.1, -0.05) is 46.9 Å². The SMILES string of the molecule is Fc1c(I)cccc1-c1cc(Cl)c(Cl)cc1Cl. The van der Waals surface area contributed by atoms with Crippen LogP contribution in [0.25, 0.3) is 11.1 Å². The van der Waals surface area contributed by atoms with Crippen LogP contribution in [0.3, 0.4) is 0 Å². The summed E-state index contributed by atoms with van der Waals surface area (Å²) >= 11 is 19.7. The fourth-order valence-corrected chi connectivity index (χ4v) is 2.59. The van der Waals surface area contributed by atoms with Crippen molar-refractivity contribution in [1.29, 1.82) is 0 Å². The molecule has 0 aliphatic rings. The number of rotatable bonds is 1. The molecule has 0 atom stereocenters. The second-order valence-electron chi connectivity index (χ2n) is 3.35.